The van der Waals surface area contributed by atoms with Crippen LogP contribution in [0, 0.1) is 5.92 Å². The first kappa shape index (κ1) is 20.1. The van der Waals surface area contributed by atoms with E-state index in [9.17, 15) is 0 Å². The number of benzene rings is 3. The van der Waals surface area contributed by atoms with Crippen LogP contribution in [0.4, 0.5) is 5.13 Å². The van der Waals surface area contributed by atoms with E-state index in [0.29, 0.717) is 5.92 Å². The fourth-order valence-corrected chi connectivity index (χ4v) is 5.82. The second-order valence-corrected chi connectivity index (χ2v) is 9.48. The number of fused-ring (bicyclic) bond motifs is 1. The number of hydrogen-bond donors (Lipinski definition) is 0. The molecule has 3 aromatic carbocycles. The lowest BCUT2D eigenvalue weighted by molar-refractivity contribution is 0.487. The van der Waals surface area contributed by atoms with Crippen LogP contribution < -0.4 is 5.01 Å². The Balaban J connectivity index is 1.43. The molecule has 0 spiro atoms. The Kier molecular flexibility index (Phi) is 5.37. The summed E-state index contributed by atoms with van der Waals surface area (Å²) in [7, 11) is 0. The van der Waals surface area contributed by atoms with E-state index in [1.807, 2.05) is 6.07 Å². The van der Waals surface area contributed by atoms with E-state index in [4.69, 9.17) is 10.1 Å². The molecule has 0 radical (unpaired) electrons. The van der Waals surface area contributed by atoms with Crippen molar-refractivity contribution >= 4 is 28.3 Å². The molecule has 0 unspecified atom stereocenters. The first-order chi connectivity index (χ1) is 16.4. The molecule has 4 aromatic rings. The molecule has 33 heavy (non-hydrogen) atoms. The lowest BCUT2D eigenvalue weighted by Crippen LogP contribution is -2.28. The van der Waals surface area contributed by atoms with Crippen molar-refractivity contribution in [2.75, 3.05) is 5.01 Å². The zero-order valence-electron chi connectivity index (χ0n) is 18.3. The summed E-state index contributed by atoms with van der Waals surface area (Å²) in [5.41, 5.74) is 7.30. The third-order valence-corrected chi connectivity index (χ3v) is 7.37. The molecule has 1 aliphatic carbocycles. The first-order valence-electron chi connectivity index (χ1n) is 11.6. The van der Waals surface area contributed by atoms with Crippen molar-refractivity contribution in [2.45, 2.75) is 25.3 Å². The number of aromatic nitrogens is 1. The topological polar surface area (TPSA) is 28.5 Å². The van der Waals surface area contributed by atoms with Gasteiger partial charge in [0.15, 0.2) is 0 Å². The summed E-state index contributed by atoms with van der Waals surface area (Å²) >= 11 is 1.68. The van der Waals surface area contributed by atoms with Crippen molar-refractivity contribution in [3.63, 3.8) is 0 Å². The van der Waals surface area contributed by atoms with Crippen LogP contribution in [0.5, 0.6) is 0 Å². The van der Waals surface area contributed by atoms with Gasteiger partial charge < -0.3 is 0 Å². The predicted octanol–water partition coefficient (Wildman–Crippen LogP) is 7.61. The van der Waals surface area contributed by atoms with Gasteiger partial charge >= 0.3 is 0 Å². The van der Waals surface area contributed by atoms with Gasteiger partial charge in [0.05, 0.1) is 17.4 Å². The summed E-state index contributed by atoms with van der Waals surface area (Å²) in [5.74, 6) is 0.375. The summed E-state index contributed by atoms with van der Waals surface area (Å²) in [6.45, 7) is 0. The van der Waals surface area contributed by atoms with Gasteiger partial charge in [-0.15, -0.1) is 11.3 Å². The minimum Gasteiger partial charge on any atom is -0.231 e. The Morgan fingerprint density at radius 2 is 1.55 bits per heavy atom. The molecule has 2 aliphatic rings. The highest BCUT2D eigenvalue weighted by atomic mass is 32.1. The van der Waals surface area contributed by atoms with Gasteiger partial charge in [0.25, 0.3) is 0 Å². The number of hydrazone groups is 1. The molecule has 0 N–H and O–H groups in total. The lowest BCUT2D eigenvalue weighted by Gasteiger charge is -2.29. The van der Waals surface area contributed by atoms with Gasteiger partial charge in [-0.25, -0.2) is 9.99 Å². The fourth-order valence-electron chi connectivity index (χ4n) is 5.00. The summed E-state index contributed by atoms with van der Waals surface area (Å²) in [4.78, 5) is 5.02. The van der Waals surface area contributed by atoms with Crippen LogP contribution in [0.25, 0.3) is 17.3 Å². The van der Waals surface area contributed by atoms with Crippen LogP contribution in [0.2, 0.25) is 0 Å². The van der Waals surface area contributed by atoms with Gasteiger partial charge in [0.1, 0.15) is 0 Å². The Morgan fingerprint density at radius 3 is 2.30 bits per heavy atom. The zero-order valence-corrected chi connectivity index (χ0v) is 19.2. The number of allylic oxidation sites excluding steroid dienone is 1. The van der Waals surface area contributed by atoms with Gasteiger partial charge in [-0.2, -0.15) is 5.10 Å². The second kappa shape index (κ2) is 8.80. The normalized spacial score (nSPS) is 21.2. The van der Waals surface area contributed by atoms with Crippen LogP contribution in [0.15, 0.2) is 107 Å². The molecule has 1 aliphatic heterocycles. The number of rotatable bonds is 4. The van der Waals surface area contributed by atoms with Gasteiger partial charge in [-0.05, 0) is 42.0 Å². The van der Waals surface area contributed by atoms with Gasteiger partial charge in [0, 0.05) is 16.9 Å². The van der Waals surface area contributed by atoms with Crippen molar-refractivity contribution in [2.24, 2.45) is 11.0 Å². The highest BCUT2D eigenvalue weighted by molar-refractivity contribution is 7.14. The largest absolute Gasteiger partial charge is 0.231 e. The van der Waals surface area contributed by atoms with Gasteiger partial charge in [-0.1, -0.05) is 91.0 Å². The Bertz CT molecular complexity index is 1290. The van der Waals surface area contributed by atoms with E-state index in [1.165, 1.54) is 28.8 Å². The molecule has 1 aromatic heterocycles. The quantitative estimate of drug-likeness (QED) is 0.322. The number of hydrogen-bond acceptors (Lipinski definition) is 4. The predicted molar refractivity (Wildman–Crippen MR) is 138 cm³/mol. The summed E-state index contributed by atoms with van der Waals surface area (Å²) in [5, 5.41) is 10.6. The smallest absolute Gasteiger partial charge is 0.207 e. The lowest BCUT2D eigenvalue weighted by atomic mass is 9.77. The maximum Gasteiger partial charge on any atom is 0.207 e. The van der Waals surface area contributed by atoms with Crippen molar-refractivity contribution in [3.05, 3.63) is 113 Å². The summed E-state index contributed by atoms with van der Waals surface area (Å²) < 4.78 is 0. The monoisotopic (exact) mass is 447 g/mol. The average Bonchev–Trinajstić information content (AvgIpc) is 3.52. The third-order valence-electron chi connectivity index (χ3n) is 6.54. The summed E-state index contributed by atoms with van der Waals surface area (Å²) in [6.07, 6.45) is 5.74. The van der Waals surface area contributed by atoms with E-state index in [-0.39, 0.29) is 6.04 Å². The van der Waals surface area contributed by atoms with E-state index >= 15 is 0 Å². The molecule has 1 saturated carbocycles. The molecule has 0 bridgehead atoms. The standard InChI is InChI=1S/C29H25N3S/c1-4-11-21(12-5-1)19-24-17-10-18-25-27(24)31-32(28(25)23-15-8-3-9-16-23)29-30-26(20-33-29)22-13-6-2-7-14-22/h1-9,11-16,19-20,25,28H,10,17-18H2/b24-19+/t25-,28-/m0/s1. The summed E-state index contributed by atoms with van der Waals surface area (Å²) in [6, 6.07) is 32.0. The van der Waals surface area contributed by atoms with Crippen molar-refractivity contribution < 1.29 is 0 Å². The van der Waals surface area contributed by atoms with Crippen LogP contribution in [-0.4, -0.2) is 10.7 Å². The maximum absolute atomic E-state index is 5.25. The molecular weight excluding hydrogens is 422 g/mol. The van der Waals surface area contributed by atoms with Crippen LogP contribution in [0.3, 0.4) is 0 Å². The third kappa shape index (κ3) is 3.91. The molecule has 1 fully saturated rings. The molecular formula is C29H25N3S. The number of thiazole rings is 1. The SMILES string of the molecule is C(=C1/CCC[C@H]2C1=NN(c1nc(-c3ccccc3)cs1)[C@H]2c1ccccc1)/c1ccccc1. The van der Waals surface area contributed by atoms with Crippen molar-refractivity contribution in [3.8, 4) is 11.3 Å². The maximum atomic E-state index is 5.25. The second-order valence-electron chi connectivity index (χ2n) is 8.65. The Hall–Kier alpha value is -3.50. The molecule has 4 heteroatoms. The zero-order chi connectivity index (χ0) is 22.0. The van der Waals surface area contributed by atoms with Crippen LogP contribution in [0.1, 0.15) is 36.4 Å². The fraction of sp³-hybridized carbons (Fsp3) is 0.172. The van der Waals surface area contributed by atoms with Crippen molar-refractivity contribution in [1.82, 2.24) is 4.98 Å². The molecule has 2 heterocycles. The highest BCUT2D eigenvalue weighted by Gasteiger charge is 2.42. The van der Waals surface area contributed by atoms with E-state index in [1.54, 1.807) is 11.3 Å². The molecule has 6 rings (SSSR count). The molecule has 162 valence electrons. The molecule has 3 nitrogen and oxygen atoms in total. The minimum atomic E-state index is 0.176. The van der Waals surface area contributed by atoms with E-state index in [2.05, 4.69) is 101 Å². The van der Waals surface area contributed by atoms with Gasteiger partial charge in [-0.3, -0.25) is 0 Å². The minimum absolute atomic E-state index is 0.176. The van der Waals surface area contributed by atoms with Crippen LogP contribution >= 0.6 is 11.3 Å². The Labute approximate surface area is 198 Å². The number of nitrogens with zero attached hydrogens (tertiary/aromatic N) is 3. The molecule has 0 amide bonds. The van der Waals surface area contributed by atoms with Gasteiger partial charge in [0.2, 0.25) is 5.13 Å². The number of anilines is 1. The molecule has 2 atom stereocenters. The Morgan fingerprint density at radius 1 is 0.848 bits per heavy atom. The molecule has 0 saturated heterocycles. The van der Waals surface area contributed by atoms with Crippen LogP contribution in [-0.2, 0) is 0 Å². The average molecular weight is 448 g/mol. The first-order valence-corrected chi connectivity index (χ1v) is 12.4. The highest BCUT2D eigenvalue weighted by Crippen LogP contribution is 2.47. The van der Waals surface area contributed by atoms with E-state index < -0.39 is 0 Å². The van der Waals surface area contributed by atoms with Crippen molar-refractivity contribution in [1.29, 1.82) is 0 Å². The van der Waals surface area contributed by atoms with E-state index in [0.717, 1.165) is 29.2 Å².